The minimum Gasteiger partial charge on any atom is -0.342 e. The van der Waals surface area contributed by atoms with Crippen molar-refractivity contribution in [2.45, 2.75) is 0 Å². The van der Waals surface area contributed by atoms with E-state index in [1.165, 1.54) is 6.39 Å². The number of nitrogens with zero attached hydrogens (tertiary/aromatic N) is 2. The molecule has 1 aromatic carbocycles. The van der Waals surface area contributed by atoms with Gasteiger partial charge >= 0.3 is 0 Å². The Labute approximate surface area is 93.2 Å². The fraction of sp³-hybridized carbons (Fsp3) is 0. The highest BCUT2D eigenvalue weighted by Crippen LogP contribution is 2.22. The SMILES string of the molecule is Clc1cc(I)cc(-c2ncon2)c1. The van der Waals surface area contributed by atoms with Crippen molar-refractivity contribution >= 4 is 34.2 Å². The largest absolute Gasteiger partial charge is 0.342 e. The van der Waals surface area contributed by atoms with E-state index < -0.39 is 0 Å². The number of halogens is 2. The predicted molar refractivity (Wildman–Crippen MR) is 57.5 cm³/mol. The fourth-order valence-electron chi connectivity index (χ4n) is 0.981. The molecule has 0 N–H and O–H groups in total. The van der Waals surface area contributed by atoms with Gasteiger partial charge in [0.2, 0.25) is 12.2 Å². The van der Waals surface area contributed by atoms with Gasteiger partial charge in [-0.2, -0.15) is 4.98 Å². The van der Waals surface area contributed by atoms with Gasteiger partial charge in [0, 0.05) is 14.2 Å². The zero-order valence-corrected chi connectivity index (χ0v) is 9.28. The van der Waals surface area contributed by atoms with Crippen molar-refractivity contribution in [2.24, 2.45) is 0 Å². The van der Waals surface area contributed by atoms with Crippen molar-refractivity contribution in [2.75, 3.05) is 0 Å². The van der Waals surface area contributed by atoms with Crippen LogP contribution in [0, 0.1) is 3.57 Å². The lowest BCUT2D eigenvalue weighted by Gasteiger charge is -1.96. The lowest BCUT2D eigenvalue weighted by Crippen LogP contribution is -1.81. The summed E-state index contributed by atoms with van der Waals surface area (Å²) in [5.41, 5.74) is 0.866. The number of aromatic nitrogens is 2. The number of rotatable bonds is 1. The Morgan fingerprint density at radius 2 is 2.15 bits per heavy atom. The third kappa shape index (κ3) is 2.00. The Hall–Kier alpha value is -0.620. The monoisotopic (exact) mass is 306 g/mol. The molecule has 66 valence electrons. The summed E-state index contributed by atoms with van der Waals surface area (Å²) in [5, 5.41) is 4.39. The molecular formula is C8H4ClIN2O. The predicted octanol–water partition coefficient (Wildman–Crippen LogP) is 2.99. The summed E-state index contributed by atoms with van der Waals surface area (Å²) < 4.78 is 5.69. The molecule has 0 fully saturated rings. The molecular weight excluding hydrogens is 302 g/mol. The molecule has 0 aliphatic heterocycles. The van der Waals surface area contributed by atoms with Gasteiger partial charge in [-0.05, 0) is 40.8 Å². The normalized spacial score (nSPS) is 10.3. The quantitative estimate of drug-likeness (QED) is 0.760. The average Bonchev–Trinajstić information content (AvgIpc) is 2.53. The van der Waals surface area contributed by atoms with Crippen LogP contribution in [0.1, 0.15) is 0 Å². The van der Waals surface area contributed by atoms with Crippen LogP contribution in [0.25, 0.3) is 11.4 Å². The zero-order valence-electron chi connectivity index (χ0n) is 6.37. The summed E-state index contributed by atoms with van der Waals surface area (Å²) in [4.78, 5) is 3.93. The van der Waals surface area contributed by atoms with Gasteiger partial charge in [0.05, 0.1) is 0 Å². The van der Waals surface area contributed by atoms with Crippen LogP contribution in [0.2, 0.25) is 5.02 Å². The Balaban J connectivity index is 2.53. The number of benzene rings is 1. The molecule has 0 aliphatic carbocycles. The maximum absolute atomic E-state index is 5.88. The Kier molecular flexibility index (Phi) is 2.50. The van der Waals surface area contributed by atoms with Crippen LogP contribution >= 0.6 is 34.2 Å². The highest BCUT2D eigenvalue weighted by atomic mass is 127. The van der Waals surface area contributed by atoms with E-state index in [0.717, 1.165) is 9.13 Å². The van der Waals surface area contributed by atoms with Crippen molar-refractivity contribution in [3.63, 3.8) is 0 Å². The van der Waals surface area contributed by atoms with E-state index in [9.17, 15) is 0 Å². The number of hydrogen-bond donors (Lipinski definition) is 0. The molecule has 5 heteroatoms. The van der Waals surface area contributed by atoms with E-state index >= 15 is 0 Å². The first kappa shape index (κ1) is 8.96. The van der Waals surface area contributed by atoms with Crippen LogP contribution in [0.3, 0.4) is 0 Å². The first-order valence-electron chi connectivity index (χ1n) is 3.48. The van der Waals surface area contributed by atoms with Gasteiger partial charge in [0.1, 0.15) is 0 Å². The molecule has 0 atom stereocenters. The molecule has 1 heterocycles. The lowest BCUT2D eigenvalue weighted by atomic mass is 10.2. The summed E-state index contributed by atoms with van der Waals surface area (Å²) in [6.07, 6.45) is 1.29. The van der Waals surface area contributed by atoms with Crippen molar-refractivity contribution in [1.29, 1.82) is 0 Å². The van der Waals surface area contributed by atoms with E-state index in [-0.39, 0.29) is 0 Å². The van der Waals surface area contributed by atoms with Crippen LogP contribution in [-0.2, 0) is 0 Å². The Morgan fingerprint density at radius 1 is 1.31 bits per heavy atom. The van der Waals surface area contributed by atoms with E-state index in [1.54, 1.807) is 6.07 Å². The molecule has 0 radical (unpaired) electrons. The van der Waals surface area contributed by atoms with Crippen LogP contribution in [0.5, 0.6) is 0 Å². The van der Waals surface area contributed by atoms with Crippen molar-refractivity contribution in [1.82, 2.24) is 10.1 Å². The molecule has 0 bridgehead atoms. The van der Waals surface area contributed by atoms with Crippen LogP contribution in [0.15, 0.2) is 29.1 Å². The maximum atomic E-state index is 5.88. The van der Waals surface area contributed by atoms with Crippen molar-refractivity contribution in [3.8, 4) is 11.4 Å². The second-order valence-electron chi connectivity index (χ2n) is 2.41. The summed E-state index contributed by atoms with van der Waals surface area (Å²) in [6.45, 7) is 0. The van der Waals surface area contributed by atoms with E-state index in [2.05, 4.69) is 37.3 Å². The van der Waals surface area contributed by atoms with E-state index in [1.807, 2.05) is 12.1 Å². The molecule has 13 heavy (non-hydrogen) atoms. The van der Waals surface area contributed by atoms with E-state index in [4.69, 9.17) is 11.6 Å². The van der Waals surface area contributed by atoms with Crippen molar-refractivity contribution < 1.29 is 4.52 Å². The minimum atomic E-state index is 0.556. The van der Waals surface area contributed by atoms with E-state index in [0.29, 0.717) is 10.8 Å². The van der Waals surface area contributed by atoms with Gasteiger partial charge in [-0.25, -0.2) is 0 Å². The molecule has 0 saturated heterocycles. The van der Waals surface area contributed by atoms with Gasteiger partial charge in [-0.3, -0.25) is 0 Å². The van der Waals surface area contributed by atoms with Gasteiger partial charge < -0.3 is 4.52 Å². The highest BCUT2D eigenvalue weighted by molar-refractivity contribution is 14.1. The summed E-state index contributed by atoms with van der Waals surface area (Å²) in [6, 6.07) is 5.61. The van der Waals surface area contributed by atoms with Gasteiger partial charge in [0.25, 0.3) is 0 Å². The lowest BCUT2D eigenvalue weighted by molar-refractivity contribution is 0.419. The molecule has 0 spiro atoms. The van der Waals surface area contributed by atoms with Crippen LogP contribution in [0.4, 0.5) is 0 Å². The average molecular weight is 306 g/mol. The maximum Gasteiger partial charge on any atom is 0.214 e. The fourth-order valence-corrected chi connectivity index (χ4v) is 2.07. The smallest absolute Gasteiger partial charge is 0.214 e. The zero-order chi connectivity index (χ0) is 9.26. The molecule has 0 amide bonds. The van der Waals surface area contributed by atoms with Gasteiger partial charge in [-0.1, -0.05) is 16.8 Å². The molecule has 2 aromatic rings. The molecule has 1 aromatic heterocycles. The second-order valence-corrected chi connectivity index (χ2v) is 4.10. The van der Waals surface area contributed by atoms with Crippen molar-refractivity contribution in [3.05, 3.63) is 33.2 Å². The third-order valence-corrected chi connectivity index (χ3v) is 2.32. The first-order chi connectivity index (χ1) is 6.25. The molecule has 0 saturated carbocycles. The Bertz CT molecular complexity index is 396. The van der Waals surface area contributed by atoms with Crippen LogP contribution < -0.4 is 0 Å². The minimum absolute atomic E-state index is 0.556. The second kappa shape index (κ2) is 3.63. The molecule has 3 nitrogen and oxygen atoms in total. The standard InChI is InChI=1S/C8H4ClIN2O/c9-6-1-5(2-7(10)3-6)8-11-4-13-12-8/h1-4H. The molecule has 0 unspecified atom stereocenters. The first-order valence-corrected chi connectivity index (χ1v) is 4.94. The van der Waals surface area contributed by atoms with Gasteiger partial charge in [-0.15, -0.1) is 0 Å². The Morgan fingerprint density at radius 3 is 2.77 bits per heavy atom. The molecule has 2 rings (SSSR count). The third-order valence-electron chi connectivity index (χ3n) is 1.48. The van der Waals surface area contributed by atoms with Gasteiger partial charge in [0.15, 0.2) is 0 Å². The summed E-state index contributed by atoms with van der Waals surface area (Å²) >= 11 is 8.06. The highest BCUT2D eigenvalue weighted by Gasteiger charge is 2.04. The topological polar surface area (TPSA) is 38.9 Å². The number of hydrogen-bond acceptors (Lipinski definition) is 3. The summed E-state index contributed by atoms with van der Waals surface area (Å²) in [7, 11) is 0. The molecule has 0 aliphatic rings. The summed E-state index contributed by atoms with van der Waals surface area (Å²) in [5.74, 6) is 0.556. The van der Waals surface area contributed by atoms with Crippen LogP contribution in [-0.4, -0.2) is 10.1 Å².